The molecule has 2 aliphatic heterocycles. The molecule has 2 heterocycles. The molecule has 0 spiro atoms. The van der Waals surface area contributed by atoms with Gasteiger partial charge in [0.25, 0.3) is 0 Å². The maximum Gasteiger partial charge on any atom is 0.231 e. The minimum atomic E-state index is 0. The molecule has 0 aromatic heterocycles. The highest BCUT2D eigenvalue weighted by Crippen LogP contribution is 2.32. The standard InChI is InChI=1S/C21H25N3O3.HI/c1-22-21(23-12-15-3-8-19-20(11-15)27-14-26-19)24-10-9-17(13-24)16-4-6-18(25-2)7-5-16;/h3-8,11,17H,9-10,12-14H2,1-2H3,(H,22,23);1H. The van der Waals surface area contributed by atoms with Crippen LogP contribution >= 0.6 is 24.0 Å². The number of aliphatic imine (C=N–C) groups is 1. The van der Waals surface area contributed by atoms with Crippen LogP contribution in [-0.4, -0.2) is 44.9 Å². The summed E-state index contributed by atoms with van der Waals surface area (Å²) in [5, 5.41) is 3.47. The first kappa shape index (κ1) is 20.6. The second-order valence-corrected chi connectivity index (χ2v) is 6.79. The fraction of sp³-hybridized carbons (Fsp3) is 0.381. The third-order valence-corrected chi connectivity index (χ3v) is 5.17. The lowest BCUT2D eigenvalue weighted by Crippen LogP contribution is -2.39. The number of nitrogens with zero attached hydrogens (tertiary/aromatic N) is 2. The Balaban J connectivity index is 0.00000225. The van der Waals surface area contributed by atoms with Crippen LogP contribution in [-0.2, 0) is 6.54 Å². The third kappa shape index (κ3) is 4.45. The number of rotatable bonds is 4. The van der Waals surface area contributed by atoms with Crippen LogP contribution < -0.4 is 19.5 Å². The lowest BCUT2D eigenvalue weighted by atomic mass is 9.98. The monoisotopic (exact) mass is 495 g/mol. The number of nitrogens with one attached hydrogen (secondary N) is 1. The van der Waals surface area contributed by atoms with E-state index in [0.29, 0.717) is 19.3 Å². The van der Waals surface area contributed by atoms with Gasteiger partial charge in [0, 0.05) is 32.6 Å². The Morgan fingerprint density at radius 1 is 1.18 bits per heavy atom. The van der Waals surface area contributed by atoms with Gasteiger partial charge in [0.15, 0.2) is 17.5 Å². The lowest BCUT2D eigenvalue weighted by Gasteiger charge is -2.22. The zero-order valence-corrected chi connectivity index (χ0v) is 18.5. The second kappa shape index (κ2) is 9.36. The summed E-state index contributed by atoms with van der Waals surface area (Å²) in [6.45, 7) is 2.96. The largest absolute Gasteiger partial charge is 0.497 e. The maximum atomic E-state index is 5.45. The van der Waals surface area contributed by atoms with Gasteiger partial charge in [-0.05, 0) is 41.8 Å². The van der Waals surface area contributed by atoms with Crippen molar-refractivity contribution in [3.8, 4) is 17.2 Å². The van der Waals surface area contributed by atoms with Gasteiger partial charge in [-0.2, -0.15) is 0 Å². The predicted molar refractivity (Wildman–Crippen MR) is 120 cm³/mol. The zero-order chi connectivity index (χ0) is 18.6. The van der Waals surface area contributed by atoms with Crippen molar-refractivity contribution < 1.29 is 14.2 Å². The van der Waals surface area contributed by atoms with Crippen LogP contribution in [0.2, 0.25) is 0 Å². The topological polar surface area (TPSA) is 55.3 Å². The Labute approximate surface area is 182 Å². The number of likely N-dealkylation sites (tertiary alicyclic amines) is 1. The summed E-state index contributed by atoms with van der Waals surface area (Å²) < 4.78 is 16.1. The number of ether oxygens (including phenoxy) is 3. The van der Waals surface area contributed by atoms with Crippen LogP contribution in [0.5, 0.6) is 17.2 Å². The summed E-state index contributed by atoms with van der Waals surface area (Å²) in [6, 6.07) is 14.4. The van der Waals surface area contributed by atoms with Gasteiger partial charge < -0.3 is 24.4 Å². The number of methoxy groups -OCH3 is 1. The molecule has 0 aliphatic carbocycles. The van der Waals surface area contributed by atoms with Crippen LogP contribution in [0.25, 0.3) is 0 Å². The van der Waals surface area contributed by atoms with Crippen molar-refractivity contribution in [3.63, 3.8) is 0 Å². The molecular formula is C21H26IN3O3. The molecule has 2 aromatic carbocycles. The van der Waals surface area contributed by atoms with Crippen LogP contribution in [0.3, 0.4) is 0 Å². The van der Waals surface area contributed by atoms with Gasteiger partial charge in [0.05, 0.1) is 7.11 Å². The van der Waals surface area contributed by atoms with E-state index in [9.17, 15) is 0 Å². The number of guanidine groups is 1. The number of fused-ring (bicyclic) bond motifs is 1. The summed E-state index contributed by atoms with van der Waals surface area (Å²) in [5.41, 5.74) is 2.50. The van der Waals surface area contributed by atoms with Gasteiger partial charge in [-0.25, -0.2) is 0 Å². The van der Waals surface area contributed by atoms with Gasteiger partial charge in [0.2, 0.25) is 6.79 Å². The quantitative estimate of drug-likeness (QED) is 0.399. The molecule has 1 unspecified atom stereocenters. The van der Waals surface area contributed by atoms with Crippen molar-refractivity contribution in [1.29, 1.82) is 0 Å². The summed E-state index contributed by atoms with van der Waals surface area (Å²) in [6.07, 6.45) is 1.12. The third-order valence-electron chi connectivity index (χ3n) is 5.17. The average molecular weight is 495 g/mol. The number of hydrogen-bond acceptors (Lipinski definition) is 4. The highest BCUT2D eigenvalue weighted by atomic mass is 127. The molecule has 1 fully saturated rings. The molecule has 2 aromatic rings. The minimum Gasteiger partial charge on any atom is -0.497 e. The molecule has 7 heteroatoms. The molecular weight excluding hydrogens is 469 g/mol. The average Bonchev–Trinajstić information content (AvgIpc) is 3.38. The minimum absolute atomic E-state index is 0. The molecule has 2 aliphatic rings. The van der Waals surface area contributed by atoms with E-state index in [0.717, 1.165) is 48.3 Å². The van der Waals surface area contributed by atoms with E-state index in [2.05, 4.69) is 33.4 Å². The highest BCUT2D eigenvalue weighted by molar-refractivity contribution is 14.0. The van der Waals surface area contributed by atoms with Crippen LogP contribution in [0.15, 0.2) is 47.5 Å². The Bertz CT molecular complexity index is 826. The first-order chi connectivity index (χ1) is 13.3. The van der Waals surface area contributed by atoms with Crippen molar-refractivity contribution >= 4 is 29.9 Å². The van der Waals surface area contributed by atoms with Crippen LogP contribution in [0.1, 0.15) is 23.5 Å². The molecule has 28 heavy (non-hydrogen) atoms. The molecule has 0 saturated carbocycles. The Hall–Kier alpha value is -2.16. The smallest absolute Gasteiger partial charge is 0.231 e. The first-order valence-corrected chi connectivity index (χ1v) is 9.25. The summed E-state index contributed by atoms with van der Waals surface area (Å²) in [5.74, 6) is 3.97. The van der Waals surface area contributed by atoms with E-state index in [-0.39, 0.29) is 24.0 Å². The molecule has 1 saturated heterocycles. The molecule has 0 radical (unpaired) electrons. The van der Waals surface area contributed by atoms with Gasteiger partial charge in [-0.3, -0.25) is 4.99 Å². The van der Waals surface area contributed by atoms with Crippen LogP contribution in [0, 0.1) is 0 Å². The summed E-state index contributed by atoms with van der Waals surface area (Å²) in [7, 11) is 3.53. The van der Waals surface area contributed by atoms with Crippen molar-refractivity contribution in [2.45, 2.75) is 18.9 Å². The summed E-state index contributed by atoms with van der Waals surface area (Å²) in [4.78, 5) is 6.79. The maximum absolute atomic E-state index is 5.45. The first-order valence-electron chi connectivity index (χ1n) is 9.25. The molecule has 0 bridgehead atoms. The number of benzene rings is 2. The highest BCUT2D eigenvalue weighted by Gasteiger charge is 2.26. The van der Waals surface area contributed by atoms with E-state index in [1.807, 2.05) is 31.3 Å². The molecule has 4 rings (SSSR count). The van der Waals surface area contributed by atoms with Crippen molar-refractivity contribution in [3.05, 3.63) is 53.6 Å². The fourth-order valence-corrected chi connectivity index (χ4v) is 3.67. The Morgan fingerprint density at radius 2 is 1.96 bits per heavy atom. The Morgan fingerprint density at radius 3 is 2.71 bits per heavy atom. The van der Waals surface area contributed by atoms with Gasteiger partial charge in [-0.1, -0.05) is 18.2 Å². The van der Waals surface area contributed by atoms with E-state index in [1.165, 1.54) is 5.56 Å². The molecule has 150 valence electrons. The lowest BCUT2D eigenvalue weighted by molar-refractivity contribution is 0.174. The predicted octanol–water partition coefficient (Wildman–Crippen LogP) is 3.61. The van der Waals surface area contributed by atoms with E-state index in [4.69, 9.17) is 14.2 Å². The van der Waals surface area contributed by atoms with Crippen molar-refractivity contribution in [1.82, 2.24) is 10.2 Å². The molecule has 0 amide bonds. The van der Waals surface area contributed by atoms with Gasteiger partial charge in [-0.15, -0.1) is 24.0 Å². The molecule has 1 N–H and O–H groups in total. The van der Waals surface area contributed by atoms with Crippen molar-refractivity contribution in [2.75, 3.05) is 34.0 Å². The van der Waals surface area contributed by atoms with E-state index < -0.39 is 0 Å². The SMILES string of the molecule is CN=C(NCc1ccc2c(c1)OCO2)N1CCC(c2ccc(OC)cc2)C1.I. The van der Waals surface area contributed by atoms with Gasteiger partial charge >= 0.3 is 0 Å². The summed E-state index contributed by atoms with van der Waals surface area (Å²) >= 11 is 0. The van der Waals surface area contributed by atoms with Crippen molar-refractivity contribution in [2.24, 2.45) is 4.99 Å². The van der Waals surface area contributed by atoms with E-state index in [1.54, 1.807) is 7.11 Å². The van der Waals surface area contributed by atoms with Gasteiger partial charge in [0.1, 0.15) is 5.75 Å². The van der Waals surface area contributed by atoms with Crippen LogP contribution in [0.4, 0.5) is 0 Å². The molecule has 1 atom stereocenters. The fourth-order valence-electron chi connectivity index (χ4n) is 3.67. The number of hydrogen-bond donors (Lipinski definition) is 1. The van der Waals surface area contributed by atoms with E-state index >= 15 is 0 Å². The normalized spacial score (nSPS) is 18.0. The zero-order valence-electron chi connectivity index (χ0n) is 16.2. The number of halogens is 1. The Kier molecular flexibility index (Phi) is 6.88. The molecule has 6 nitrogen and oxygen atoms in total. The second-order valence-electron chi connectivity index (χ2n) is 6.79.